The number of hydrogen-bond donors (Lipinski definition) is 0. The zero-order chi connectivity index (χ0) is 11.5. The molecule has 0 radical (unpaired) electrons. The average molecular weight is 220 g/mol. The Balaban J connectivity index is 2.62. The van der Waals surface area contributed by atoms with E-state index >= 15 is 0 Å². The van der Waals surface area contributed by atoms with E-state index in [2.05, 4.69) is 0 Å². The smallest absolute Gasteiger partial charge is 0.294 e. The number of rotatable bonds is 3. The highest BCUT2D eigenvalue weighted by atomic mass is 19.4. The molecule has 0 spiro atoms. The van der Waals surface area contributed by atoms with Gasteiger partial charge in [-0.2, -0.15) is 13.2 Å². The van der Waals surface area contributed by atoms with Crippen LogP contribution < -0.4 is 0 Å². The molecule has 0 aliphatic rings. The third-order valence-electron chi connectivity index (χ3n) is 1.78. The van der Waals surface area contributed by atoms with Crippen molar-refractivity contribution in [3.05, 3.63) is 35.6 Å². The molecule has 0 aromatic heterocycles. The number of alkyl halides is 3. The quantitative estimate of drug-likeness (QED) is 0.564. The molecular formula is C10H8F4O. The van der Waals surface area contributed by atoms with E-state index in [-0.39, 0.29) is 5.56 Å². The first-order valence-electron chi connectivity index (χ1n) is 4.24. The molecule has 0 amide bonds. The number of carbonyl (C=O) groups is 1. The zero-order valence-electron chi connectivity index (χ0n) is 7.64. The van der Waals surface area contributed by atoms with Crippen LogP contribution in [0.4, 0.5) is 17.6 Å². The molecule has 0 unspecified atom stereocenters. The summed E-state index contributed by atoms with van der Waals surface area (Å²) in [6, 6.07) is 4.64. The second-order valence-electron chi connectivity index (χ2n) is 3.05. The molecule has 0 aliphatic carbocycles. The van der Waals surface area contributed by atoms with Crippen LogP contribution in [0.25, 0.3) is 0 Å². The molecule has 0 bridgehead atoms. The maximum Gasteiger partial charge on any atom is 0.389 e. The molecule has 1 aromatic carbocycles. The first kappa shape index (κ1) is 11.7. The van der Waals surface area contributed by atoms with Crippen molar-refractivity contribution in [2.45, 2.75) is 19.0 Å². The number of carbonyl (C=O) groups excluding carboxylic acids is 1. The van der Waals surface area contributed by atoms with Crippen LogP contribution in [0.5, 0.6) is 0 Å². The van der Waals surface area contributed by atoms with Crippen LogP contribution >= 0.6 is 0 Å². The molecule has 82 valence electrons. The Bertz CT molecular complexity index is 357. The van der Waals surface area contributed by atoms with Crippen molar-refractivity contribution < 1.29 is 22.4 Å². The van der Waals surface area contributed by atoms with Crippen molar-refractivity contribution in [1.82, 2.24) is 0 Å². The van der Waals surface area contributed by atoms with Crippen LogP contribution in [-0.2, 0) is 0 Å². The Kier molecular flexibility index (Phi) is 3.44. The molecule has 0 aliphatic heterocycles. The standard InChI is InChI=1S/C10H8F4O/c11-8-3-1-2-7(6-8)9(15)4-5-10(12,13)14/h1-3,6H,4-5H2. The Morgan fingerprint density at radius 1 is 1.27 bits per heavy atom. The van der Waals surface area contributed by atoms with Crippen molar-refractivity contribution in [2.24, 2.45) is 0 Å². The summed E-state index contributed by atoms with van der Waals surface area (Å²) in [7, 11) is 0. The molecule has 1 rings (SSSR count). The van der Waals surface area contributed by atoms with Gasteiger partial charge in [0.2, 0.25) is 0 Å². The first-order valence-corrected chi connectivity index (χ1v) is 4.24. The molecule has 0 saturated heterocycles. The predicted molar refractivity (Wildman–Crippen MR) is 46.0 cm³/mol. The van der Waals surface area contributed by atoms with E-state index in [1.165, 1.54) is 12.1 Å². The van der Waals surface area contributed by atoms with E-state index in [1.807, 2.05) is 0 Å². The van der Waals surface area contributed by atoms with E-state index in [0.29, 0.717) is 0 Å². The number of benzene rings is 1. The molecular weight excluding hydrogens is 212 g/mol. The maximum atomic E-state index is 12.6. The summed E-state index contributed by atoms with van der Waals surface area (Å²) in [4.78, 5) is 11.2. The summed E-state index contributed by atoms with van der Waals surface area (Å²) in [6.07, 6.45) is -6.18. The molecule has 0 fully saturated rings. The third-order valence-corrected chi connectivity index (χ3v) is 1.78. The van der Waals surface area contributed by atoms with E-state index in [1.54, 1.807) is 0 Å². The van der Waals surface area contributed by atoms with Crippen LogP contribution in [0, 0.1) is 5.82 Å². The van der Waals surface area contributed by atoms with Gasteiger partial charge in [-0.05, 0) is 12.1 Å². The minimum atomic E-state index is -4.36. The minimum Gasteiger partial charge on any atom is -0.294 e. The van der Waals surface area contributed by atoms with Gasteiger partial charge < -0.3 is 0 Å². The molecule has 0 saturated carbocycles. The summed E-state index contributed by atoms with van der Waals surface area (Å²) in [6.45, 7) is 0. The van der Waals surface area contributed by atoms with E-state index in [0.717, 1.165) is 12.1 Å². The van der Waals surface area contributed by atoms with Crippen molar-refractivity contribution in [2.75, 3.05) is 0 Å². The SMILES string of the molecule is O=C(CCC(F)(F)F)c1cccc(F)c1. The third kappa shape index (κ3) is 4.10. The summed E-state index contributed by atoms with van der Waals surface area (Å²) in [5.41, 5.74) is -0.0285. The number of ketones is 1. The second kappa shape index (κ2) is 4.42. The van der Waals surface area contributed by atoms with Crippen molar-refractivity contribution >= 4 is 5.78 Å². The monoisotopic (exact) mass is 220 g/mol. The normalized spacial score (nSPS) is 11.5. The number of Topliss-reactive ketones (excluding diaryl/α,β-unsaturated/α-hetero) is 1. The summed E-state index contributed by atoms with van der Waals surface area (Å²) in [5.74, 6) is -1.33. The van der Waals surface area contributed by atoms with E-state index in [4.69, 9.17) is 0 Å². The van der Waals surface area contributed by atoms with Crippen LogP contribution in [-0.4, -0.2) is 12.0 Å². The maximum absolute atomic E-state index is 12.6. The second-order valence-corrected chi connectivity index (χ2v) is 3.05. The molecule has 0 heterocycles. The molecule has 15 heavy (non-hydrogen) atoms. The Morgan fingerprint density at radius 2 is 1.93 bits per heavy atom. The molecule has 1 nitrogen and oxygen atoms in total. The van der Waals surface area contributed by atoms with Crippen molar-refractivity contribution in [1.29, 1.82) is 0 Å². The highest BCUT2D eigenvalue weighted by Gasteiger charge is 2.28. The molecule has 1 aromatic rings. The fourth-order valence-corrected chi connectivity index (χ4v) is 1.06. The predicted octanol–water partition coefficient (Wildman–Crippen LogP) is 3.35. The number of halogens is 4. The topological polar surface area (TPSA) is 17.1 Å². The van der Waals surface area contributed by atoms with Gasteiger partial charge in [-0.3, -0.25) is 4.79 Å². The summed E-state index contributed by atoms with van der Waals surface area (Å²) < 4.78 is 48.0. The fourth-order valence-electron chi connectivity index (χ4n) is 1.06. The van der Waals surface area contributed by atoms with Gasteiger partial charge >= 0.3 is 6.18 Å². The van der Waals surface area contributed by atoms with E-state index < -0.39 is 30.6 Å². The Hall–Kier alpha value is -1.39. The van der Waals surface area contributed by atoms with Gasteiger partial charge in [-0.15, -0.1) is 0 Å². The van der Waals surface area contributed by atoms with Crippen LogP contribution in [0.1, 0.15) is 23.2 Å². The number of hydrogen-bond acceptors (Lipinski definition) is 1. The average Bonchev–Trinajstić information content (AvgIpc) is 2.13. The lowest BCUT2D eigenvalue weighted by molar-refractivity contribution is -0.133. The highest BCUT2D eigenvalue weighted by Crippen LogP contribution is 2.22. The Labute approximate surface area is 83.7 Å². The van der Waals surface area contributed by atoms with Crippen LogP contribution in [0.3, 0.4) is 0 Å². The largest absolute Gasteiger partial charge is 0.389 e. The highest BCUT2D eigenvalue weighted by molar-refractivity contribution is 5.96. The van der Waals surface area contributed by atoms with Gasteiger partial charge in [-0.25, -0.2) is 4.39 Å². The lowest BCUT2D eigenvalue weighted by Crippen LogP contribution is -2.11. The Morgan fingerprint density at radius 3 is 2.47 bits per heavy atom. The molecule has 5 heteroatoms. The van der Waals surface area contributed by atoms with Gasteiger partial charge in [0, 0.05) is 12.0 Å². The molecule has 0 N–H and O–H groups in total. The van der Waals surface area contributed by atoms with Crippen molar-refractivity contribution in [3.8, 4) is 0 Å². The van der Waals surface area contributed by atoms with Crippen LogP contribution in [0.2, 0.25) is 0 Å². The summed E-state index contributed by atoms with van der Waals surface area (Å²) >= 11 is 0. The lowest BCUT2D eigenvalue weighted by atomic mass is 10.1. The van der Waals surface area contributed by atoms with E-state index in [9.17, 15) is 22.4 Å². The first-order chi connectivity index (χ1) is 6.88. The van der Waals surface area contributed by atoms with Gasteiger partial charge in [-0.1, -0.05) is 12.1 Å². The summed E-state index contributed by atoms with van der Waals surface area (Å²) in [5, 5.41) is 0. The van der Waals surface area contributed by atoms with Gasteiger partial charge in [0.1, 0.15) is 5.82 Å². The zero-order valence-corrected chi connectivity index (χ0v) is 7.64. The van der Waals surface area contributed by atoms with Crippen molar-refractivity contribution in [3.63, 3.8) is 0 Å². The van der Waals surface area contributed by atoms with Gasteiger partial charge in [0.05, 0.1) is 6.42 Å². The minimum absolute atomic E-state index is 0.0285. The lowest BCUT2D eigenvalue weighted by Gasteiger charge is -2.05. The fraction of sp³-hybridized carbons (Fsp3) is 0.300. The van der Waals surface area contributed by atoms with Crippen LogP contribution in [0.15, 0.2) is 24.3 Å². The van der Waals surface area contributed by atoms with Gasteiger partial charge in [0.25, 0.3) is 0 Å². The van der Waals surface area contributed by atoms with Gasteiger partial charge in [0.15, 0.2) is 5.78 Å². The molecule has 0 atom stereocenters.